The fourth-order valence-corrected chi connectivity index (χ4v) is 5.31. The van der Waals surface area contributed by atoms with Crippen molar-refractivity contribution in [2.24, 2.45) is 5.92 Å². The van der Waals surface area contributed by atoms with Crippen LogP contribution in [0.25, 0.3) is 0 Å². The summed E-state index contributed by atoms with van der Waals surface area (Å²) in [6.45, 7) is 5.46. The van der Waals surface area contributed by atoms with Gasteiger partial charge in [0.05, 0.1) is 26.2 Å². The van der Waals surface area contributed by atoms with Gasteiger partial charge >= 0.3 is 5.97 Å². The summed E-state index contributed by atoms with van der Waals surface area (Å²) >= 11 is 0. The molecule has 3 unspecified atom stereocenters. The number of aromatic nitrogens is 1. The van der Waals surface area contributed by atoms with Gasteiger partial charge in [-0.2, -0.15) is 0 Å². The molecule has 38 heavy (non-hydrogen) atoms. The number of aliphatic carboxylic acids is 1. The number of hydroxylamine groups is 2. The number of carboxylic acid groups (broad SMARTS) is 1. The van der Waals surface area contributed by atoms with Crippen molar-refractivity contribution in [3.63, 3.8) is 0 Å². The number of fused-ring (bicyclic) bond motifs is 1. The van der Waals surface area contributed by atoms with E-state index in [9.17, 15) is 14.7 Å². The number of amides is 1. The largest absolute Gasteiger partial charge is 0.493 e. The van der Waals surface area contributed by atoms with Crippen LogP contribution in [0.4, 0.5) is 0 Å². The molecule has 10 nitrogen and oxygen atoms in total. The minimum absolute atomic E-state index is 0.0680. The SMILES string of the molecule is CCCON(CCC)C(=O)CN1CC(c2cc(OC)c3c(c2)OCO3)C(C(=O)O)C1CCc1ccccn1. The summed E-state index contributed by atoms with van der Waals surface area (Å²) < 4.78 is 16.7. The lowest BCUT2D eigenvalue weighted by Gasteiger charge is -2.29. The number of carbonyl (C=O) groups excluding carboxylic acids is 1. The number of hydrogen-bond acceptors (Lipinski definition) is 8. The van der Waals surface area contributed by atoms with Crippen LogP contribution in [0.3, 0.4) is 0 Å². The summed E-state index contributed by atoms with van der Waals surface area (Å²) in [5.74, 6) is -0.646. The van der Waals surface area contributed by atoms with E-state index in [1.807, 2.05) is 49.1 Å². The molecule has 1 aromatic carbocycles. The van der Waals surface area contributed by atoms with Gasteiger partial charge in [0.15, 0.2) is 11.5 Å². The molecule has 2 aliphatic heterocycles. The molecule has 1 saturated heterocycles. The lowest BCUT2D eigenvalue weighted by atomic mass is 9.83. The topological polar surface area (TPSA) is 111 Å². The standard InChI is InChI=1S/C28H37N3O7/c1-4-12-31(38-13-5-2)25(32)17-30-16-21(19-14-23(35-3)27-24(15-19)36-18-37-27)26(28(33)34)22(30)10-9-20-8-6-7-11-29-20/h6-8,11,14-15,21-22,26H,4-5,9-10,12-13,16-18H2,1-3H3,(H,33,34). The summed E-state index contributed by atoms with van der Waals surface area (Å²) in [7, 11) is 1.55. The normalized spacial score (nSPS) is 20.4. The van der Waals surface area contributed by atoms with Crippen LogP contribution in [0.15, 0.2) is 36.5 Å². The first-order valence-electron chi connectivity index (χ1n) is 13.2. The Hall–Kier alpha value is -3.37. The van der Waals surface area contributed by atoms with E-state index >= 15 is 0 Å². The van der Waals surface area contributed by atoms with E-state index in [1.165, 1.54) is 5.06 Å². The first-order chi connectivity index (χ1) is 18.5. The van der Waals surface area contributed by atoms with E-state index in [0.29, 0.717) is 49.8 Å². The third-order valence-corrected chi connectivity index (χ3v) is 7.06. The Balaban J connectivity index is 1.64. The minimum Gasteiger partial charge on any atom is -0.493 e. The molecule has 3 atom stereocenters. The summed E-state index contributed by atoms with van der Waals surface area (Å²) in [5.41, 5.74) is 1.67. The Morgan fingerprint density at radius 3 is 2.74 bits per heavy atom. The highest BCUT2D eigenvalue weighted by Crippen LogP contribution is 2.47. The highest BCUT2D eigenvalue weighted by atomic mass is 16.7. The van der Waals surface area contributed by atoms with Crippen LogP contribution in [0, 0.1) is 5.92 Å². The summed E-state index contributed by atoms with van der Waals surface area (Å²) in [6, 6.07) is 8.98. The monoisotopic (exact) mass is 527 g/mol. The third kappa shape index (κ3) is 6.19. The van der Waals surface area contributed by atoms with Gasteiger partial charge in [0, 0.05) is 36.9 Å². The maximum absolute atomic E-state index is 13.3. The van der Waals surface area contributed by atoms with Crippen molar-refractivity contribution >= 4 is 11.9 Å². The fourth-order valence-electron chi connectivity index (χ4n) is 5.31. The van der Waals surface area contributed by atoms with Gasteiger partial charge in [-0.05, 0) is 55.5 Å². The van der Waals surface area contributed by atoms with E-state index in [-0.39, 0.29) is 31.2 Å². The number of pyridine rings is 1. The molecule has 1 amide bonds. The minimum atomic E-state index is -0.903. The Morgan fingerprint density at radius 2 is 2.05 bits per heavy atom. The molecule has 2 aromatic rings. The molecule has 1 N–H and O–H groups in total. The van der Waals surface area contributed by atoms with Crippen molar-refractivity contribution in [3.05, 3.63) is 47.8 Å². The van der Waals surface area contributed by atoms with Crippen molar-refractivity contribution in [1.82, 2.24) is 14.9 Å². The first kappa shape index (κ1) is 27.7. The molecule has 1 fully saturated rings. The van der Waals surface area contributed by atoms with E-state index in [0.717, 1.165) is 24.1 Å². The number of nitrogens with zero attached hydrogens (tertiary/aromatic N) is 3. The van der Waals surface area contributed by atoms with Crippen LogP contribution in [-0.4, -0.2) is 78.1 Å². The van der Waals surface area contributed by atoms with Crippen molar-refractivity contribution < 1.29 is 33.7 Å². The average Bonchev–Trinajstić information content (AvgIpc) is 3.54. The number of rotatable bonds is 13. The van der Waals surface area contributed by atoms with Gasteiger partial charge in [0.25, 0.3) is 5.91 Å². The zero-order chi connectivity index (χ0) is 27.1. The quantitative estimate of drug-likeness (QED) is 0.391. The Morgan fingerprint density at radius 1 is 1.21 bits per heavy atom. The van der Waals surface area contributed by atoms with Gasteiger partial charge in [0.1, 0.15) is 0 Å². The molecular weight excluding hydrogens is 490 g/mol. The molecule has 206 valence electrons. The van der Waals surface area contributed by atoms with Gasteiger partial charge in [-0.3, -0.25) is 24.3 Å². The van der Waals surface area contributed by atoms with Crippen molar-refractivity contribution in [2.45, 2.75) is 51.5 Å². The summed E-state index contributed by atoms with van der Waals surface area (Å²) in [4.78, 5) is 38.2. The van der Waals surface area contributed by atoms with Crippen molar-refractivity contribution in [2.75, 3.05) is 40.1 Å². The second-order valence-electron chi connectivity index (χ2n) is 9.61. The predicted molar refractivity (Wildman–Crippen MR) is 139 cm³/mol. The first-order valence-corrected chi connectivity index (χ1v) is 13.2. The van der Waals surface area contributed by atoms with Crippen LogP contribution in [0.1, 0.15) is 50.3 Å². The van der Waals surface area contributed by atoms with E-state index in [4.69, 9.17) is 19.0 Å². The lowest BCUT2D eigenvalue weighted by Crippen LogP contribution is -2.44. The summed E-state index contributed by atoms with van der Waals surface area (Å²) in [5, 5.41) is 11.9. The molecule has 3 heterocycles. The zero-order valence-corrected chi connectivity index (χ0v) is 22.3. The van der Waals surface area contributed by atoms with Crippen molar-refractivity contribution in [1.29, 1.82) is 0 Å². The average molecular weight is 528 g/mol. The maximum atomic E-state index is 13.3. The van der Waals surface area contributed by atoms with Crippen LogP contribution < -0.4 is 14.2 Å². The van der Waals surface area contributed by atoms with Gasteiger partial charge in [-0.1, -0.05) is 19.9 Å². The molecule has 0 bridgehead atoms. The van der Waals surface area contributed by atoms with Crippen LogP contribution in [0.5, 0.6) is 17.2 Å². The number of hydrogen-bond donors (Lipinski definition) is 1. The van der Waals surface area contributed by atoms with Crippen LogP contribution in [-0.2, 0) is 20.8 Å². The lowest BCUT2D eigenvalue weighted by molar-refractivity contribution is -0.188. The van der Waals surface area contributed by atoms with Crippen LogP contribution >= 0.6 is 0 Å². The molecular formula is C28H37N3O7. The third-order valence-electron chi connectivity index (χ3n) is 7.06. The molecule has 0 spiro atoms. The molecule has 4 rings (SSSR count). The highest BCUT2D eigenvalue weighted by Gasteiger charge is 2.47. The molecule has 2 aliphatic rings. The van der Waals surface area contributed by atoms with Crippen molar-refractivity contribution in [3.8, 4) is 17.2 Å². The smallest absolute Gasteiger partial charge is 0.308 e. The molecule has 10 heteroatoms. The molecule has 0 aliphatic carbocycles. The fraction of sp³-hybridized carbons (Fsp3) is 0.536. The number of carboxylic acids is 1. The van der Waals surface area contributed by atoms with E-state index in [2.05, 4.69) is 4.98 Å². The van der Waals surface area contributed by atoms with Crippen LogP contribution in [0.2, 0.25) is 0 Å². The van der Waals surface area contributed by atoms with E-state index < -0.39 is 11.9 Å². The van der Waals surface area contributed by atoms with Gasteiger partial charge in [-0.25, -0.2) is 5.06 Å². The number of ether oxygens (including phenoxy) is 3. The Labute approximate surface area is 223 Å². The highest BCUT2D eigenvalue weighted by molar-refractivity contribution is 5.78. The summed E-state index contributed by atoms with van der Waals surface area (Å²) in [6.07, 6.45) is 4.43. The number of aryl methyl sites for hydroxylation is 1. The second kappa shape index (κ2) is 12.9. The van der Waals surface area contributed by atoms with Gasteiger partial charge in [0.2, 0.25) is 12.5 Å². The van der Waals surface area contributed by atoms with E-state index in [1.54, 1.807) is 13.3 Å². The van der Waals surface area contributed by atoms with Gasteiger partial charge < -0.3 is 19.3 Å². The second-order valence-corrected chi connectivity index (χ2v) is 9.61. The Bertz CT molecular complexity index is 1100. The Kier molecular flexibility index (Phi) is 9.41. The maximum Gasteiger partial charge on any atom is 0.308 e. The van der Waals surface area contributed by atoms with Gasteiger partial charge in [-0.15, -0.1) is 0 Å². The molecule has 0 saturated carbocycles. The number of benzene rings is 1. The molecule has 1 aromatic heterocycles. The number of methoxy groups -OCH3 is 1. The number of carbonyl (C=O) groups is 2. The predicted octanol–water partition coefficient (Wildman–Crippen LogP) is 3.50. The zero-order valence-electron chi connectivity index (χ0n) is 22.3. The number of likely N-dealkylation sites (tertiary alicyclic amines) is 1. The molecule has 0 radical (unpaired) electrons.